The Kier molecular flexibility index (Phi) is 3.16. The number of rotatable bonds is 2. The van der Waals surface area contributed by atoms with Gasteiger partial charge in [-0.25, -0.2) is 0 Å². The smallest absolute Gasteiger partial charge is 0.0803 e. The molecule has 2 rings (SSSR count). The van der Waals surface area contributed by atoms with Gasteiger partial charge in [0, 0.05) is 11.4 Å². The standard InChI is InChI=1S/C15H22N4/c1-10(2)15(19)8-7-14(18,9-13(15)17)11-3-5-12(16)6-4-11/h3-10H,16-19H2,1-2H3. The van der Waals surface area contributed by atoms with Crippen LogP contribution in [0.15, 0.2) is 48.2 Å². The summed E-state index contributed by atoms with van der Waals surface area (Å²) in [5, 5.41) is 0. The van der Waals surface area contributed by atoms with Crippen molar-refractivity contribution < 1.29 is 0 Å². The minimum Gasteiger partial charge on any atom is -0.400 e. The maximum absolute atomic E-state index is 6.40. The van der Waals surface area contributed by atoms with Gasteiger partial charge in [-0.2, -0.15) is 0 Å². The molecule has 0 heterocycles. The molecule has 0 amide bonds. The molecule has 4 heteroatoms. The van der Waals surface area contributed by atoms with Gasteiger partial charge in [-0.05, 0) is 29.7 Å². The summed E-state index contributed by atoms with van der Waals surface area (Å²) in [7, 11) is 0. The van der Waals surface area contributed by atoms with Gasteiger partial charge < -0.3 is 22.9 Å². The number of hydrogen-bond donors (Lipinski definition) is 4. The Morgan fingerprint density at radius 2 is 1.53 bits per heavy atom. The Morgan fingerprint density at radius 1 is 0.947 bits per heavy atom. The van der Waals surface area contributed by atoms with E-state index in [1.54, 1.807) is 0 Å². The van der Waals surface area contributed by atoms with Crippen molar-refractivity contribution in [2.75, 3.05) is 5.73 Å². The predicted molar refractivity (Wildman–Crippen MR) is 79.9 cm³/mol. The molecule has 0 bridgehead atoms. The fraction of sp³-hybridized carbons (Fsp3) is 0.333. The van der Waals surface area contributed by atoms with E-state index in [-0.39, 0.29) is 5.92 Å². The van der Waals surface area contributed by atoms with E-state index >= 15 is 0 Å². The summed E-state index contributed by atoms with van der Waals surface area (Å²) in [4.78, 5) is 0. The van der Waals surface area contributed by atoms with Crippen molar-refractivity contribution in [2.24, 2.45) is 23.1 Å². The first kappa shape index (κ1) is 13.6. The summed E-state index contributed by atoms with van der Waals surface area (Å²) in [5.74, 6) is 0.205. The van der Waals surface area contributed by atoms with Gasteiger partial charge in [-0.1, -0.05) is 38.1 Å². The zero-order valence-corrected chi connectivity index (χ0v) is 11.4. The molecule has 1 aliphatic rings. The highest BCUT2D eigenvalue weighted by atomic mass is 14.9. The Balaban J connectivity index is 2.42. The summed E-state index contributed by atoms with van der Waals surface area (Å²) >= 11 is 0. The maximum Gasteiger partial charge on any atom is 0.0803 e. The number of anilines is 1. The number of benzene rings is 1. The maximum atomic E-state index is 6.40. The van der Waals surface area contributed by atoms with Crippen molar-refractivity contribution in [3.8, 4) is 0 Å². The van der Waals surface area contributed by atoms with Crippen LogP contribution in [-0.2, 0) is 5.54 Å². The zero-order chi connectivity index (χ0) is 14.3. The highest BCUT2D eigenvalue weighted by molar-refractivity contribution is 5.48. The average Bonchev–Trinajstić information content (AvgIpc) is 2.35. The van der Waals surface area contributed by atoms with E-state index in [2.05, 4.69) is 0 Å². The molecule has 102 valence electrons. The van der Waals surface area contributed by atoms with Crippen molar-refractivity contribution in [2.45, 2.75) is 24.9 Å². The first-order valence-corrected chi connectivity index (χ1v) is 6.41. The number of hydrogen-bond acceptors (Lipinski definition) is 4. The van der Waals surface area contributed by atoms with Crippen molar-refractivity contribution in [3.05, 3.63) is 53.8 Å². The van der Waals surface area contributed by atoms with Crippen LogP contribution in [-0.4, -0.2) is 5.54 Å². The fourth-order valence-electron chi connectivity index (χ4n) is 2.28. The second kappa shape index (κ2) is 4.40. The van der Waals surface area contributed by atoms with Crippen LogP contribution in [0.4, 0.5) is 5.69 Å². The molecule has 0 saturated carbocycles. The number of nitrogens with two attached hydrogens (primary N) is 4. The van der Waals surface area contributed by atoms with E-state index in [1.165, 1.54) is 0 Å². The van der Waals surface area contributed by atoms with Crippen molar-refractivity contribution in [1.82, 2.24) is 0 Å². The third kappa shape index (κ3) is 2.25. The molecular formula is C15H22N4. The fourth-order valence-corrected chi connectivity index (χ4v) is 2.28. The topological polar surface area (TPSA) is 104 Å². The lowest BCUT2D eigenvalue weighted by Gasteiger charge is -2.38. The largest absolute Gasteiger partial charge is 0.400 e. The highest BCUT2D eigenvalue weighted by Crippen LogP contribution is 2.33. The van der Waals surface area contributed by atoms with E-state index in [1.807, 2.05) is 56.3 Å². The van der Waals surface area contributed by atoms with E-state index < -0.39 is 11.1 Å². The van der Waals surface area contributed by atoms with Gasteiger partial charge in [0.15, 0.2) is 0 Å². The first-order valence-electron chi connectivity index (χ1n) is 6.41. The lowest BCUT2D eigenvalue weighted by Crippen LogP contribution is -2.52. The van der Waals surface area contributed by atoms with E-state index in [4.69, 9.17) is 22.9 Å². The predicted octanol–water partition coefficient (Wildman–Crippen LogP) is 1.19. The highest BCUT2D eigenvalue weighted by Gasteiger charge is 2.36. The van der Waals surface area contributed by atoms with Crippen molar-refractivity contribution in [1.29, 1.82) is 0 Å². The zero-order valence-electron chi connectivity index (χ0n) is 11.4. The molecule has 0 aromatic heterocycles. The summed E-state index contributed by atoms with van der Waals surface area (Å²) in [6.07, 6.45) is 5.65. The van der Waals surface area contributed by atoms with Crippen LogP contribution >= 0.6 is 0 Å². The second-order valence-electron chi connectivity index (χ2n) is 5.58. The molecule has 4 nitrogen and oxygen atoms in total. The van der Waals surface area contributed by atoms with Crippen LogP contribution < -0.4 is 22.9 Å². The molecule has 2 unspecified atom stereocenters. The minimum absolute atomic E-state index is 0.205. The third-order valence-corrected chi connectivity index (χ3v) is 3.90. The Hall–Kier alpha value is -1.78. The molecule has 0 radical (unpaired) electrons. The quantitative estimate of drug-likeness (QED) is 0.472. The Bertz CT molecular complexity index is 530. The van der Waals surface area contributed by atoms with Crippen molar-refractivity contribution in [3.63, 3.8) is 0 Å². The number of nitrogen functional groups attached to an aromatic ring is 1. The molecule has 0 fully saturated rings. The van der Waals surface area contributed by atoms with E-state index in [0.717, 1.165) is 5.56 Å². The first-order chi connectivity index (χ1) is 8.78. The van der Waals surface area contributed by atoms with E-state index in [9.17, 15) is 0 Å². The van der Waals surface area contributed by atoms with Gasteiger partial charge in [-0.15, -0.1) is 0 Å². The molecule has 19 heavy (non-hydrogen) atoms. The van der Waals surface area contributed by atoms with Crippen LogP contribution in [0.5, 0.6) is 0 Å². The van der Waals surface area contributed by atoms with Gasteiger partial charge in [0.25, 0.3) is 0 Å². The molecule has 0 aliphatic heterocycles. The van der Waals surface area contributed by atoms with Crippen LogP contribution in [0.3, 0.4) is 0 Å². The summed E-state index contributed by atoms with van der Waals surface area (Å²) < 4.78 is 0. The molecule has 2 atom stereocenters. The third-order valence-electron chi connectivity index (χ3n) is 3.90. The Morgan fingerprint density at radius 3 is 2.00 bits per heavy atom. The van der Waals surface area contributed by atoms with Crippen LogP contribution in [0.25, 0.3) is 0 Å². The van der Waals surface area contributed by atoms with Crippen molar-refractivity contribution >= 4 is 5.69 Å². The van der Waals surface area contributed by atoms with Gasteiger partial charge in [-0.3, -0.25) is 0 Å². The summed E-state index contributed by atoms with van der Waals surface area (Å²) in [6.45, 7) is 4.08. The van der Waals surface area contributed by atoms with Gasteiger partial charge in [0.05, 0.1) is 11.1 Å². The molecule has 1 aliphatic carbocycles. The SMILES string of the molecule is CC(C)C1(N)C=CC(N)(c2ccc(N)cc2)C=C1N. The lowest BCUT2D eigenvalue weighted by molar-refractivity contribution is 0.422. The van der Waals surface area contributed by atoms with Crippen LogP contribution in [0.1, 0.15) is 19.4 Å². The average molecular weight is 258 g/mol. The molecule has 1 aromatic carbocycles. The summed E-state index contributed by atoms with van der Waals surface area (Å²) in [6, 6.07) is 7.47. The van der Waals surface area contributed by atoms with E-state index in [0.29, 0.717) is 11.4 Å². The van der Waals surface area contributed by atoms with Crippen LogP contribution in [0.2, 0.25) is 0 Å². The summed E-state index contributed by atoms with van der Waals surface area (Å²) in [5.41, 5.74) is 25.4. The van der Waals surface area contributed by atoms with Gasteiger partial charge in [0.1, 0.15) is 0 Å². The normalized spacial score (nSPS) is 30.5. The molecule has 1 aromatic rings. The van der Waals surface area contributed by atoms with Crippen LogP contribution in [0, 0.1) is 5.92 Å². The van der Waals surface area contributed by atoms with Gasteiger partial charge >= 0.3 is 0 Å². The monoisotopic (exact) mass is 258 g/mol. The lowest BCUT2D eigenvalue weighted by atomic mass is 9.75. The minimum atomic E-state index is -0.727. The Labute approximate surface area is 114 Å². The molecular weight excluding hydrogens is 236 g/mol. The molecule has 0 saturated heterocycles. The molecule has 0 spiro atoms. The van der Waals surface area contributed by atoms with Gasteiger partial charge in [0.2, 0.25) is 0 Å². The second-order valence-corrected chi connectivity index (χ2v) is 5.58. The molecule has 8 N–H and O–H groups in total.